The largest absolute Gasteiger partial charge is 0.398 e. The van der Waals surface area contributed by atoms with Crippen LogP contribution >= 0.6 is 0 Å². The molecule has 8 heteroatoms. The van der Waals surface area contributed by atoms with Gasteiger partial charge in [0.15, 0.2) is 0 Å². The first kappa shape index (κ1) is 28.7. The lowest BCUT2D eigenvalue weighted by molar-refractivity contribution is -0.539. The molecule has 4 aromatic rings. The third-order valence-electron chi connectivity index (χ3n) is 6.65. The molecule has 0 aliphatic carbocycles. The van der Waals surface area contributed by atoms with Crippen molar-refractivity contribution in [1.29, 1.82) is 5.41 Å². The summed E-state index contributed by atoms with van der Waals surface area (Å²) >= 11 is 0. The van der Waals surface area contributed by atoms with Gasteiger partial charge in [-0.05, 0) is 72.7 Å². The summed E-state index contributed by atoms with van der Waals surface area (Å²) < 4.78 is 0. The number of nitrogens with two attached hydrogens (primary N) is 3. The molecule has 41 heavy (non-hydrogen) atoms. The van der Waals surface area contributed by atoms with E-state index in [-0.39, 0.29) is 18.2 Å². The van der Waals surface area contributed by atoms with E-state index in [0.29, 0.717) is 40.5 Å². The Morgan fingerprint density at radius 3 is 2.29 bits per heavy atom. The van der Waals surface area contributed by atoms with Gasteiger partial charge in [-0.25, -0.2) is 0 Å². The first-order chi connectivity index (χ1) is 19.8. The summed E-state index contributed by atoms with van der Waals surface area (Å²) in [6.45, 7) is 3.48. The molecular formula is C33H34N6O2+2. The highest BCUT2D eigenvalue weighted by Gasteiger charge is 2.16. The van der Waals surface area contributed by atoms with Gasteiger partial charge in [0, 0.05) is 34.6 Å². The van der Waals surface area contributed by atoms with Crippen molar-refractivity contribution in [3.8, 4) is 0 Å². The maximum absolute atomic E-state index is 12.8. The highest BCUT2D eigenvalue weighted by Crippen LogP contribution is 2.22. The molecule has 0 aliphatic rings. The minimum atomic E-state index is -0.314. The second kappa shape index (κ2) is 13.1. The number of quaternary nitrogens is 1. The van der Waals surface area contributed by atoms with Crippen LogP contribution in [0.25, 0.3) is 0 Å². The Morgan fingerprint density at radius 1 is 0.902 bits per heavy atom. The molecule has 0 radical (unpaired) electrons. The number of nitrogens with one attached hydrogen (secondary N) is 3. The summed E-state index contributed by atoms with van der Waals surface area (Å²) in [5.74, 6) is -0.445. The Balaban J connectivity index is 1.44. The van der Waals surface area contributed by atoms with E-state index < -0.39 is 0 Å². The van der Waals surface area contributed by atoms with Gasteiger partial charge in [0.1, 0.15) is 5.69 Å². The molecule has 4 rings (SSSR count). The third kappa shape index (κ3) is 7.20. The molecule has 2 amide bonds. The summed E-state index contributed by atoms with van der Waals surface area (Å²) in [6.07, 6.45) is 1.97. The topological polar surface area (TPSA) is 150 Å². The average molecular weight is 547 g/mol. The molecule has 0 spiro atoms. The van der Waals surface area contributed by atoms with E-state index in [1.807, 2.05) is 79.1 Å². The highest BCUT2D eigenvalue weighted by atomic mass is 16.2. The molecule has 0 atom stereocenters. The number of carbonyl (C=O) groups is 2. The fraction of sp³-hybridized carbons (Fsp3) is 0.0909. The van der Waals surface area contributed by atoms with Crippen molar-refractivity contribution in [3.63, 3.8) is 0 Å². The van der Waals surface area contributed by atoms with Crippen molar-refractivity contribution in [3.05, 3.63) is 131 Å². The lowest BCUT2D eigenvalue weighted by Gasteiger charge is -2.12. The molecule has 0 bridgehead atoms. The summed E-state index contributed by atoms with van der Waals surface area (Å²) in [4.78, 5) is 24.6. The highest BCUT2D eigenvalue weighted by molar-refractivity contribution is 6.14. The van der Waals surface area contributed by atoms with E-state index in [1.165, 1.54) is 6.08 Å². The summed E-state index contributed by atoms with van der Waals surface area (Å²) in [5.41, 5.74) is 13.5. The van der Waals surface area contributed by atoms with Crippen molar-refractivity contribution in [2.75, 3.05) is 23.4 Å². The van der Waals surface area contributed by atoms with Crippen molar-refractivity contribution in [1.82, 2.24) is 0 Å². The van der Waals surface area contributed by atoms with Crippen molar-refractivity contribution >= 4 is 46.0 Å². The zero-order chi connectivity index (χ0) is 29.4. The van der Waals surface area contributed by atoms with Crippen LogP contribution in [0.1, 0.15) is 34.2 Å². The molecular weight excluding hydrogens is 512 g/mol. The van der Waals surface area contributed by atoms with E-state index in [4.69, 9.17) is 16.6 Å². The second-order valence-electron chi connectivity index (χ2n) is 9.49. The maximum atomic E-state index is 12.8. The van der Waals surface area contributed by atoms with Gasteiger partial charge in [-0.2, -0.15) is 0 Å². The summed E-state index contributed by atoms with van der Waals surface area (Å²) in [6, 6.07) is 27.8. The van der Waals surface area contributed by atoms with Gasteiger partial charge in [0.05, 0.1) is 23.9 Å². The minimum Gasteiger partial charge on any atom is -0.398 e. The predicted molar refractivity (Wildman–Crippen MR) is 165 cm³/mol. The Hall–Kier alpha value is -5.34. The molecule has 9 N–H and O–H groups in total. The predicted octanol–water partition coefficient (Wildman–Crippen LogP) is 2.80. The lowest BCUT2D eigenvalue weighted by atomic mass is 9.96. The number of rotatable bonds is 11. The fourth-order valence-electron chi connectivity index (χ4n) is 4.47. The van der Waals surface area contributed by atoms with E-state index in [1.54, 1.807) is 24.3 Å². The average Bonchev–Trinajstić information content (AvgIpc) is 2.99. The first-order valence-electron chi connectivity index (χ1n) is 13.2. The number of para-hydroxylation sites is 1. The molecule has 8 nitrogen and oxygen atoms in total. The van der Waals surface area contributed by atoms with Crippen LogP contribution in [0.15, 0.2) is 104 Å². The maximum Gasteiger partial charge on any atom is 0.247 e. The zero-order valence-electron chi connectivity index (χ0n) is 22.9. The number of carbonyl (C=O) groups excluding carboxylic acids is 2. The van der Waals surface area contributed by atoms with Gasteiger partial charge in [0.25, 0.3) is 0 Å². The molecule has 0 unspecified atom stereocenters. The molecule has 0 fully saturated rings. The first-order valence-corrected chi connectivity index (χ1v) is 13.2. The van der Waals surface area contributed by atoms with Crippen LogP contribution in [0, 0.1) is 5.41 Å². The molecule has 0 saturated carbocycles. The zero-order valence-corrected chi connectivity index (χ0v) is 22.9. The summed E-state index contributed by atoms with van der Waals surface area (Å²) in [5, 5.41) is 22.9. The van der Waals surface area contributed by atoms with Crippen LogP contribution < -0.4 is 27.1 Å². The Morgan fingerprint density at radius 2 is 1.59 bits per heavy atom. The standard InChI is InChI=1S/C33H32N6O2/c1-3-30(40)38-24-10-7-9-23(20-24)33(36)27-18-21(14-16-29(27)37-2)15-17-31(41)39-25-11-6-8-22(19-25)32(35)26-12-4-5-13-28(26)34/h3-14,16,18-20,35-37H,1,15,17,34H2,2H3,(H,38,40)(H,39,41)/p+2. The minimum absolute atomic E-state index is 0.131. The fourth-order valence-corrected chi connectivity index (χ4v) is 4.47. The number of anilines is 3. The Bertz CT molecular complexity index is 1640. The summed E-state index contributed by atoms with van der Waals surface area (Å²) in [7, 11) is 1.92. The van der Waals surface area contributed by atoms with Crippen LogP contribution in [0.2, 0.25) is 0 Å². The molecule has 4 aromatic carbocycles. The van der Waals surface area contributed by atoms with Crippen molar-refractivity contribution in [2.45, 2.75) is 12.8 Å². The Labute approximate surface area is 239 Å². The van der Waals surface area contributed by atoms with Crippen LogP contribution in [0.4, 0.5) is 22.7 Å². The Kier molecular flexibility index (Phi) is 9.19. The number of amides is 2. The van der Waals surface area contributed by atoms with Gasteiger partial charge >= 0.3 is 0 Å². The third-order valence-corrected chi connectivity index (χ3v) is 6.65. The number of benzene rings is 4. The lowest BCUT2D eigenvalue weighted by Crippen LogP contribution is -2.73. The molecule has 0 aliphatic heterocycles. The van der Waals surface area contributed by atoms with E-state index in [2.05, 4.69) is 17.2 Å². The SMILES string of the molecule is C=CC(=O)Nc1cccc(C(=N)c2cc(CCC(=O)Nc3cccc(C(=[NH2+])c4ccccc4N)c3)ccc2[NH2+]C)c1. The van der Waals surface area contributed by atoms with Crippen LogP contribution in [0.5, 0.6) is 0 Å². The van der Waals surface area contributed by atoms with Gasteiger partial charge < -0.3 is 21.7 Å². The van der Waals surface area contributed by atoms with E-state index >= 15 is 0 Å². The van der Waals surface area contributed by atoms with E-state index in [0.717, 1.165) is 27.9 Å². The monoisotopic (exact) mass is 546 g/mol. The molecule has 206 valence electrons. The molecule has 0 heterocycles. The van der Waals surface area contributed by atoms with Gasteiger partial charge in [-0.15, -0.1) is 0 Å². The quantitative estimate of drug-likeness (QED) is 0.0975. The number of aryl methyl sites for hydroxylation is 1. The second-order valence-corrected chi connectivity index (χ2v) is 9.49. The van der Waals surface area contributed by atoms with E-state index in [9.17, 15) is 9.59 Å². The number of nitrogen functional groups attached to an aromatic ring is 1. The van der Waals surface area contributed by atoms with Crippen LogP contribution in [-0.2, 0) is 16.0 Å². The normalized spacial score (nSPS) is 10.5. The van der Waals surface area contributed by atoms with Crippen LogP contribution in [0.3, 0.4) is 0 Å². The molecule has 0 aromatic heterocycles. The van der Waals surface area contributed by atoms with Crippen LogP contribution in [-0.4, -0.2) is 30.3 Å². The smallest absolute Gasteiger partial charge is 0.247 e. The number of hydrogen-bond donors (Lipinski definition) is 6. The van der Waals surface area contributed by atoms with Gasteiger partial charge in [-0.3, -0.25) is 20.4 Å². The number of hydrogen-bond acceptors (Lipinski definition) is 4. The molecule has 0 saturated heterocycles. The van der Waals surface area contributed by atoms with Crippen molar-refractivity contribution < 1.29 is 20.3 Å². The van der Waals surface area contributed by atoms with Crippen molar-refractivity contribution in [2.24, 2.45) is 0 Å². The van der Waals surface area contributed by atoms with Gasteiger partial charge in [0.2, 0.25) is 17.5 Å². The van der Waals surface area contributed by atoms with Gasteiger partial charge in [-0.1, -0.05) is 43.0 Å².